The van der Waals surface area contributed by atoms with Crippen LogP contribution in [0.15, 0.2) is 54.7 Å². The second kappa shape index (κ2) is 10.2. The van der Waals surface area contributed by atoms with Crippen molar-refractivity contribution in [2.24, 2.45) is 0 Å². The van der Waals surface area contributed by atoms with E-state index in [1.54, 1.807) is 43.3 Å². The van der Waals surface area contributed by atoms with E-state index >= 15 is 0 Å². The second-order valence-corrected chi connectivity index (χ2v) is 7.67. The number of rotatable bonds is 6. The number of amides is 1. The average Bonchev–Trinajstić information content (AvgIpc) is 2.85. The molecule has 1 aliphatic rings. The van der Waals surface area contributed by atoms with Crippen molar-refractivity contribution in [1.29, 1.82) is 0 Å². The molecule has 0 saturated carbocycles. The Hall–Kier alpha value is -3.88. The molecule has 9 heteroatoms. The number of carbonyl (C=O) groups is 2. The van der Waals surface area contributed by atoms with Crippen molar-refractivity contribution in [2.45, 2.75) is 25.8 Å². The summed E-state index contributed by atoms with van der Waals surface area (Å²) in [4.78, 5) is 30.7. The Morgan fingerprint density at radius 2 is 1.94 bits per heavy atom. The zero-order valence-electron chi connectivity index (χ0n) is 18.2. The van der Waals surface area contributed by atoms with Crippen LogP contribution in [0, 0.1) is 5.82 Å². The Labute approximate surface area is 190 Å². The number of anilines is 1. The number of nitrogens with one attached hydrogen (secondary N) is 1. The fourth-order valence-corrected chi connectivity index (χ4v) is 3.68. The van der Waals surface area contributed by atoms with Crippen molar-refractivity contribution in [2.75, 3.05) is 24.6 Å². The third-order valence-corrected chi connectivity index (χ3v) is 5.44. The van der Waals surface area contributed by atoms with Crippen LogP contribution in [-0.2, 0) is 4.74 Å². The molecular weight excluding hydrogens is 425 g/mol. The zero-order chi connectivity index (χ0) is 23.2. The molecule has 2 aromatic heterocycles. The van der Waals surface area contributed by atoms with Crippen LogP contribution in [0.2, 0.25) is 0 Å². The first-order valence-corrected chi connectivity index (χ1v) is 10.8. The van der Waals surface area contributed by atoms with Crippen LogP contribution in [0.25, 0.3) is 11.3 Å². The Morgan fingerprint density at radius 3 is 2.58 bits per heavy atom. The van der Waals surface area contributed by atoms with E-state index < -0.39 is 5.97 Å². The van der Waals surface area contributed by atoms with Crippen molar-refractivity contribution in [3.05, 3.63) is 71.8 Å². The molecule has 33 heavy (non-hydrogen) atoms. The van der Waals surface area contributed by atoms with E-state index in [1.165, 1.54) is 18.3 Å². The van der Waals surface area contributed by atoms with Gasteiger partial charge in [-0.15, -0.1) is 10.2 Å². The number of benzene rings is 1. The van der Waals surface area contributed by atoms with E-state index in [2.05, 4.69) is 25.4 Å². The maximum Gasteiger partial charge on any atom is 0.358 e. The van der Waals surface area contributed by atoms with Crippen LogP contribution in [0.4, 0.5) is 10.2 Å². The number of aromatic nitrogens is 3. The van der Waals surface area contributed by atoms with Gasteiger partial charge < -0.3 is 15.0 Å². The highest BCUT2D eigenvalue weighted by atomic mass is 19.1. The lowest BCUT2D eigenvalue weighted by molar-refractivity contribution is 0.0518. The number of hydrogen-bond acceptors (Lipinski definition) is 7. The fourth-order valence-electron chi connectivity index (χ4n) is 3.68. The quantitative estimate of drug-likeness (QED) is 0.577. The summed E-state index contributed by atoms with van der Waals surface area (Å²) >= 11 is 0. The highest BCUT2D eigenvalue weighted by Crippen LogP contribution is 2.20. The molecule has 1 aliphatic heterocycles. The molecule has 1 saturated heterocycles. The SMILES string of the molecule is CCOC(=O)c1ccc(N2CCC(NC(=O)c3ccc(-c4cccc(F)c4)nc3)CC2)nn1. The molecule has 0 spiro atoms. The van der Waals surface area contributed by atoms with Crippen LogP contribution in [0.1, 0.15) is 40.6 Å². The van der Waals surface area contributed by atoms with Gasteiger partial charge >= 0.3 is 5.97 Å². The summed E-state index contributed by atoms with van der Waals surface area (Å²) < 4.78 is 18.3. The van der Waals surface area contributed by atoms with Crippen LogP contribution in [-0.4, -0.2) is 52.8 Å². The van der Waals surface area contributed by atoms with Crippen LogP contribution in [0.3, 0.4) is 0 Å². The molecule has 4 rings (SSSR count). The van der Waals surface area contributed by atoms with Crippen molar-refractivity contribution >= 4 is 17.7 Å². The molecule has 1 aromatic carbocycles. The minimum Gasteiger partial charge on any atom is -0.461 e. The molecule has 3 heterocycles. The molecule has 8 nitrogen and oxygen atoms in total. The standard InChI is InChI=1S/C24H24FN5O3/c1-2-33-24(32)21-8-9-22(29-28-21)30-12-10-19(11-13-30)27-23(31)17-6-7-20(26-15-17)16-4-3-5-18(25)14-16/h3-9,14-15,19H,2,10-13H2,1H3,(H,27,31). The van der Waals surface area contributed by atoms with Gasteiger partial charge in [-0.3, -0.25) is 9.78 Å². The zero-order valence-corrected chi connectivity index (χ0v) is 18.2. The number of nitrogens with zero attached hydrogens (tertiary/aromatic N) is 4. The van der Waals surface area contributed by atoms with Crippen LogP contribution >= 0.6 is 0 Å². The summed E-state index contributed by atoms with van der Waals surface area (Å²) in [5, 5.41) is 11.1. The van der Waals surface area contributed by atoms with Gasteiger partial charge in [0.05, 0.1) is 17.9 Å². The van der Waals surface area contributed by atoms with Crippen molar-refractivity contribution in [3.63, 3.8) is 0 Å². The number of esters is 1. The minimum absolute atomic E-state index is 0.0309. The maximum atomic E-state index is 13.4. The molecule has 1 amide bonds. The van der Waals surface area contributed by atoms with Gasteiger partial charge in [-0.1, -0.05) is 12.1 Å². The topological polar surface area (TPSA) is 97.3 Å². The molecular formula is C24H24FN5O3. The first kappa shape index (κ1) is 22.3. The Morgan fingerprint density at radius 1 is 1.12 bits per heavy atom. The van der Waals surface area contributed by atoms with Gasteiger partial charge in [-0.25, -0.2) is 9.18 Å². The van der Waals surface area contributed by atoms with Gasteiger partial charge in [-0.2, -0.15) is 0 Å². The van der Waals surface area contributed by atoms with Gasteiger partial charge in [0.15, 0.2) is 11.5 Å². The molecule has 3 aromatic rings. The number of hydrogen-bond donors (Lipinski definition) is 1. The summed E-state index contributed by atoms with van der Waals surface area (Å²) in [6.45, 7) is 3.43. The second-order valence-electron chi connectivity index (χ2n) is 7.67. The van der Waals surface area contributed by atoms with Gasteiger partial charge in [0.1, 0.15) is 5.82 Å². The molecule has 1 fully saturated rings. The highest BCUT2D eigenvalue weighted by molar-refractivity contribution is 5.94. The highest BCUT2D eigenvalue weighted by Gasteiger charge is 2.23. The lowest BCUT2D eigenvalue weighted by Gasteiger charge is -2.32. The third kappa shape index (κ3) is 5.49. The summed E-state index contributed by atoms with van der Waals surface area (Å²) in [5.74, 6) is -0.324. The van der Waals surface area contributed by atoms with E-state index in [4.69, 9.17) is 4.74 Å². The summed E-state index contributed by atoms with van der Waals surface area (Å²) in [5.41, 5.74) is 1.90. The molecule has 0 radical (unpaired) electrons. The smallest absolute Gasteiger partial charge is 0.358 e. The van der Waals surface area contributed by atoms with Crippen LogP contribution in [0.5, 0.6) is 0 Å². The van der Waals surface area contributed by atoms with E-state index in [1.807, 2.05) is 0 Å². The third-order valence-electron chi connectivity index (χ3n) is 5.44. The monoisotopic (exact) mass is 449 g/mol. The average molecular weight is 449 g/mol. The van der Waals surface area contributed by atoms with E-state index in [0.29, 0.717) is 35.7 Å². The van der Waals surface area contributed by atoms with Gasteiger partial charge in [0, 0.05) is 30.9 Å². The summed E-state index contributed by atoms with van der Waals surface area (Å²) in [7, 11) is 0. The molecule has 0 bridgehead atoms. The normalized spacial score (nSPS) is 14.1. The molecule has 170 valence electrons. The Bertz CT molecular complexity index is 1110. The van der Waals surface area contributed by atoms with Crippen molar-refractivity contribution in [1.82, 2.24) is 20.5 Å². The maximum absolute atomic E-state index is 13.4. The predicted molar refractivity (Wildman–Crippen MR) is 120 cm³/mol. The molecule has 0 atom stereocenters. The largest absolute Gasteiger partial charge is 0.461 e. The van der Waals surface area contributed by atoms with Gasteiger partial charge in [-0.05, 0) is 56.2 Å². The van der Waals surface area contributed by atoms with Crippen molar-refractivity contribution < 1.29 is 18.7 Å². The summed E-state index contributed by atoms with van der Waals surface area (Å²) in [6, 6.07) is 13.0. The first-order chi connectivity index (χ1) is 16.0. The number of carbonyl (C=O) groups excluding carboxylic acids is 2. The Balaban J connectivity index is 1.30. The molecule has 1 N–H and O–H groups in total. The first-order valence-electron chi connectivity index (χ1n) is 10.8. The lowest BCUT2D eigenvalue weighted by atomic mass is 10.0. The summed E-state index contributed by atoms with van der Waals surface area (Å²) in [6.07, 6.45) is 3.01. The van der Waals surface area contributed by atoms with Gasteiger partial charge in [0.2, 0.25) is 0 Å². The van der Waals surface area contributed by atoms with E-state index in [0.717, 1.165) is 12.8 Å². The Kier molecular flexibility index (Phi) is 6.87. The van der Waals surface area contributed by atoms with Gasteiger partial charge in [0.25, 0.3) is 5.91 Å². The number of halogens is 1. The predicted octanol–water partition coefficient (Wildman–Crippen LogP) is 3.25. The van der Waals surface area contributed by atoms with Crippen LogP contribution < -0.4 is 10.2 Å². The molecule has 0 unspecified atom stereocenters. The van der Waals surface area contributed by atoms with Crippen molar-refractivity contribution in [3.8, 4) is 11.3 Å². The lowest BCUT2D eigenvalue weighted by Crippen LogP contribution is -2.45. The molecule has 0 aliphatic carbocycles. The fraction of sp³-hybridized carbons (Fsp3) is 0.292. The minimum atomic E-state index is -0.489. The van der Waals surface area contributed by atoms with E-state index in [9.17, 15) is 14.0 Å². The number of piperidine rings is 1. The number of pyridine rings is 1. The number of ether oxygens (including phenoxy) is 1. The van der Waals surface area contributed by atoms with E-state index in [-0.39, 0.29) is 30.1 Å².